The van der Waals surface area contributed by atoms with Crippen molar-refractivity contribution in [2.75, 3.05) is 13.2 Å². The first-order chi connectivity index (χ1) is 12.5. The number of imide groups is 1. The molecule has 2 aromatic rings. The van der Waals surface area contributed by atoms with Crippen LogP contribution in [0.1, 0.15) is 33.6 Å². The van der Waals surface area contributed by atoms with Crippen LogP contribution >= 0.6 is 0 Å². The van der Waals surface area contributed by atoms with Gasteiger partial charge in [0.15, 0.2) is 5.75 Å². The van der Waals surface area contributed by atoms with Crippen molar-refractivity contribution >= 4 is 17.5 Å². The van der Waals surface area contributed by atoms with Crippen LogP contribution in [0.3, 0.4) is 0 Å². The van der Waals surface area contributed by atoms with E-state index in [0.29, 0.717) is 24.0 Å². The molecule has 0 bridgehead atoms. The van der Waals surface area contributed by atoms with Gasteiger partial charge in [-0.3, -0.25) is 24.6 Å². The highest BCUT2D eigenvalue weighted by atomic mass is 19.1. The van der Waals surface area contributed by atoms with Crippen LogP contribution in [-0.2, 0) is 0 Å². The quantitative estimate of drug-likeness (QED) is 0.328. The number of hydrogen-bond acceptors (Lipinski definition) is 5. The number of hydrogen-bond donors (Lipinski definition) is 0. The van der Waals surface area contributed by atoms with Crippen LogP contribution in [0.25, 0.3) is 0 Å². The van der Waals surface area contributed by atoms with Gasteiger partial charge in [0.05, 0.1) is 22.7 Å². The van der Waals surface area contributed by atoms with Gasteiger partial charge in [0, 0.05) is 18.7 Å². The molecular weight excluding hydrogens is 343 g/mol. The van der Waals surface area contributed by atoms with Gasteiger partial charge in [-0.25, -0.2) is 4.39 Å². The number of nitro groups is 1. The third-order valence-electron chi connectivity index (χ3n) is 4.03. The molecule has 0 saturated carbocycles. The summed E-state index contributed by atoms with van der Waals surface area (Å²) in [4.78, 5) is 35.8. The Morgan fingerprint density at radius 3 is 2.31 bits per heavy atom. The summed E-state index contributed by atoms with van der Waals surface area (Å²) in [5, 5.41) is 10.9. The highest BCUT2D eigenvalue weighted by Gasteiger charge is 2.34. The van der Waals surface area contributed by atoms with Crippen molar-refractivity contribution < 1.29 is 23.6 Å². The summed E-state index contributed by atoms with van der Waals surface area (Å²) in [6, 6.07) is 9.63. The number of halogens is 1. The second-order valence-electron chi connectivity index (χ2n) is 5.73. The number of carbonyl (C=O) groups is 2. The topological polar surface area (TPSA) is 89.8 Å². The van der Waals surface area contributed by atoms with E-state index >= 15 is 0 Å². The van der Waals surface area contributed by atoms with E-state index in [9.17, 15) is 24.1 Å². The molecule has 0 saturated heterocycles. The highest BCUT2D eigenvalue weighted by molar-refractivity contribution is 6.21. The number of rotatable bonds is 7. The highest BCUT2D eigenvalue weighted by Crippen LogP contribution is 2.28. The van der Waals surface area contributed by atoms with Gasteiger partial charge in [0.1, 0.15) is 5.82 Å². The number of benzene rings is 2. The Kier molecular flexibility index (Phi) is 4.92. The zero-order chi connectivity index (χ0) is 18.7. The minimum absolute atomic E-state index is 0.105. The number of nitrogens with zero attached hydrogens (tertiary/aromatic N) is 2. The lowest BCUT2D eigenvalue weighted by atomic mass is 10.1. The molecule has 0 radical (unpaired) electrons. The van der Waals surface area contributed by atoms with Crippen molar-refractivity contribution in [3.05, 3.63) is 69.5 Å². The van der Waals surface area contributed by atoms with Gasteiger partial charge in [0.2, 0.25) is 0 Å². The van der Waals surface area contributed by atoms with Gasteiger partial charge in [-0.1, -0.05) is 12.1 Å². The molecule has 1 aliphatic rings. The molecule has 134 valence electrons. The van der Waals surface area contributed by atoms with Crippen LogP contribution in [0, 0.1) is 15.9 Å². The van der Waals surface area contributed by atoms with Gasteiger partial charge in [-0.2, -0.15) is 0 Å². The van der Waals surface area contributed by atoms with E-state index in [1.807, 2.05) is 0 Å². The largest absolute Gasteiger partial charge is 0.487 e. The van der Waals surface area contributed by atoms with Crippen molar-refractivity contribution in [1.82, 2.24) is 4.90 Å². The maximum absolute atomic E-state index is 13.2. The normalized spacial score (nSPS) is 13.0. The molecule has 3 rings (SSSR count). The summed E-state index contributed by atoms with van der Waals surface area (Å²) < 4.78 is 18.5. The Morgan fingerprint density at radius 1 is 1.04 bits per heavy atom. The van der Waals surface area contributed by atoms with E-state index in [2.05, 4.69) is 0 Å². The van der Waals surface area contributed by atoms with E-state index in [1.54, 1.807) is 24.3 Å². The monoisotopic (exact) mass is 358 g/mol. The van der Waals surface area contributed by atoms with Crippen LogP contribution in [0.15, 0.2) is 42.5 Å². The maximum atomic E-state index is 13.2. The minimum atomic E-state index is -0.645. The second-order valence-corrected chi connectivity index (χ2v) is 5.73. The van der Waals surface area contributed by atoms with E-state index in [-0.39, 0.29) is 36.4 Å². The fraction of sp³-hybridized carbons (Fsp3) is 0.222. The van der Waals surface area contributed by atoms with Gasteiger partial charge in [0.25, 0.3) is 11.8 Å². The summed E-state index contributed by atoms with van der Waals surface area (Å²) in [7, 11) is 0. The first-order valence-electron chi connectivity index (χ1n) is 8.01. The first kappa shape index (κ1) is 17.5. The molecule has 0 aromatic heterocycles. The molecule has 2 amide bonds. The summed E-state index contributed by atoms with van der Waals surface area (Å²) >= 11 is 0. The van der Waals surface area contributed by atoms with Crippen LogP contribution in [0.4, 0.5) is 10.1 Å². The number of fused-ring (bicyclic) bond motifs is 1. The zero-order valence-corrected chi connectivity index (χ0v) is 13.7. The number of nitro benzene ring substituents is 1. The fourth-order valence-corrected chi connectivity index (χ4v) is 2.75. The van der Waals surface area contributed by atoms with Gasteiger partial charge < -0.3 is 4.74 Å². The van der Waals surface area contributed by atoms with Gasteiger partial charge in [-0.05, 0) is 31.0 Å². The molecule has 0 spiro atoms. The van der Waals surface area contributed by atoms with Crippen molar-refractivity contribution in [1.29, 1.82) is 0 Å². The standard InChI is InChI=1S/C18H15FN2O5/c19-12-7-8-15(21(24)25)16(11-12)26-10-4-3-9-20-17(22)13-5-1-2-6-14(13)18(20)23/h1-2,5-8,11H,3-4,9-10H2. The average Bonchev–Trinajstić information content (AvgIpc) is 2.86. The van der Waals surface area contributed by atoms with Crippen molar-refractivity contribution in [2.24, 2.45) is 0 Å². The lowest BCUT2D eigenvalue weighted by Crippen LogP contribution is -2.30. The van der Waals surface area contributed by atoms with Crippen LogP contribution in [0.2, 0.25) is 0 Å². The molecular formula is C18H15FN2O5. The number of carbonyl (C=O) groups excluding carboxylic acids is 2. The molecule has 0 N–H and O–H groups in total. The summed E-state index contributed by atoms with van der Waals surface area (Å²) in [5.74, 6) is -1.42. The van der Waals surface area contributed by atoms with Gasteiger partial charge in [-0.15, -0.1) is 0 Å². The van der Waals surface area contributed by atoms with Gasteiger partial charge >= 0.3 is 5.69 Å². The molecule has 1 heterocycles. The molecule has 2 aromatic carbocycles. The first-order valence-corrected chi connectivity index (χ1v) is 8.01. The second kappa shape index (κ2) is 7.30. The Hall–Kier alpha value is -3.29. The fourth-order valence-electron chi connectivity index (χ4n) is 2.75. The van der Waals surface area contributed by atoms with Crippen molar-refractivity contribution in [3.8, 4) is 5.75 Å². The third-order valence-corrected chi connectivity index (χ3v) is 4.03. The number of amides is 2. The van der Waals surface area contributed by atoms with Crippen molar-refractivity contribution in [2.45, 2.75) is 12.8 Å². The predicted molar refractivity (Wildman–Crippen MR) is 89.6 cm³/mol. The molecule has 7 nitrogen and oxygen atoms in total. The number of unbranched alkanes of at least 4 members (excludes halogenated alkanes) is 1. The van der Waals surface area contributed by atoms with E-state index in [4.69, 9.17) is 4.74 Å². The third kappa shape index (κ3) is 3.39. The Bertz CT molecular complexity index is 849. The van der Waals surface area contributed by atoms with Crippen LogP contribution < -0.4 is 4.74 Å². The molecule has 8 heteroatoms. The smallest absolute Gasteiger partial charge is 0.311 e. The van der Waals surface area contributed by atoms with Crippen LogP contribution in [0.5, 0.6) is 5.75 Å². The molecule has 1 aliphatic heterocycles. The van der Waals surface area contributed by atoms with Crippen molar-refractivity contribution in [3.63, 3.8) is 0 Å². The van der Waals surface area contributed by atoms with E-state index in [0.717, 1.165) is 18.2 Å². The minimum Gasteiger partial charge on any atom is -0.487 e. The summed E-state index contributed by atoms with van der Waals surface area (Å²) in [5.41, 5.74) is 0.472. The predicted octanol–water partition coefficient (Wildman–Crippen LogP) is 3.19. The Labute approximate surface area is 148 Å². The lowest BCUT2D eigenvalue weighted by Gasteiger charge is -2.13. The van der Waals surface area contributed by atoms with E-state index < -0.39 is 10.7 Å². The maximum Gasteiger partial charge on any atom is 0.311 e. The molecule has 0 unspecified atom stereocenters. The summed E-state index contributed by atoms with van der Waals surface area (Å²) in [6.45, 7) is 0.328. The van der Waals surface area contributed by atoms with E-state index in [1.165, 1.54) is 4.90 Å². The number of ether oxygens (including phenoxy) is 1. The Balaban J connectivity index is 1.52. The average molecular weight is 358 g/mol. The lowest BCUT2D eigenvalue weighted by molar-refractivity contribution is -0.385. The molecule has 26 heavy (non-hydrogen) atoms. The molecule has 0 fully saturated rings. The SMILES string of the molecule is O=C1c2ccccc2C(=O)N1CCCCOc1cc(F)ccc1[N+](=O)[O-]. The summed E-state index contributed by atoms with van der Waals surface area (Å²) in [6.07, 6.45) is 0.912. The zero-order valence-electron chi connectivity index (χ0n) is 13.7. The molecule has 0 aliphatic carbocycles. The molecule has 0 atom stereocenters. The van der Waals surface area contributed by atoms with Crippen LogP contribution in [-0.4, -0.2) is 34.8 Å². The Morgan fingerprint density at radius 2 is 1.69 bits per heavy atom.